The van der Waals surface area contributed by atoms with Crippen LogP contribution in [0.15, 0.2) is 168 Å². The molecule has 240 valence electrons. The summed E-state index contributed by atoms with van der Waals surface area (Å²) in [4.78, 5) is 15.6. The van der Waals surface area contributed by atoms with Crippen LogP contribution in [0.3, 0.4) is 0 Å². The Kier molecular flexibility index (Phi) is 6.91. The standard InChI is InChI=1S/C47H31N3O/c1-3-11-30(12-4-1)31-19-21-33(22-20-31)39-27-28-42-43(40-17-9-10-18-41(40)51-42)44(39)47-49-45(34-14-5-2-6-15-34)48-46(50-47)36-25-26-38-35(29-36)24-23-32-13-7-8-16-37(32)38/h1-3,5-11,13-29H,4,12H2. The van der Waals surface area contributed by atoms with E-state index in [0.29, 0.717) is 17.5 Å². The largest absolute Gasteiger partial charge is 0.456 e. The monoisotopic (exact) mass is 653 g/mol. The van der Waals surface area contributed by atoms with E-state index in [9.17, 15) is 0 Å². The summed E-state index contributed by atoms with van der Waals surface area (Å²) in [7, 11) is 0. The van der Waals surface area contributed by atoms with Gasteiger partial charge in [-0.2, -0.15) is 0 Å². The van der Waals surface area contributed by atoms with Gasteiger partial charge in [0, 0.05) is 27.5 Å². The molecule has 2 aromatic heterocycles. The molecule has 1 aliphatic carbocycles. The van der Waals surface area contributed by atoms with Crippen LogP contribution < -0.4 is 0 Å². The number of benzene rings is 7. The van der Waals surface area contributed by atoms with Crippen molar-refractivity contribution in [1.82, 2.24) is 15.0 Å². The lowest BCUT2D eigenvalue weighted by Gasteiger charge is -2.15. The van der Waals surface area contributed by atoms with Crippen LogP contribution in [0.25, 0.3) is 94.3 Å². The maximum atomic E-state index is 6.43. The molecule has 9 aromatic rings. The zero-order valence-corrected chi connectivity index (χ0v) is 27.8. The van der Waals surface area contributed by atoms with E-state index < -0.39 is 0 Å². The second-order valence-corrected chi connectivity index (χ2v) is 13.1. The van der Waals surface area contributed by atoms with E-state index in [1.807, 2.05) is 30.3 Å². The minimum atomic E-state index is 0.605. The van der Waals surface area contributed by atoms with Crippen molar-refractivity contribution in [2.45, 2.75) is 12.8 Å². The van der Waals surface area contributed by atoms with E-state index in [1.165, 1.54) is 27.3 Å². The molecule has 4 nitrogen and oxygen atoms in total. The van der Waals surface area contributed by atoms with Crippen LogP contribution in [0.4, 0.5) is 0 Å². The molecule has 10 rings (SSSR count). The molecule has 0 unspecified atom stereocenters. The van der Waals surface area contributed by atoms with Crippen molar-refractivity contribution in [3.63, 3.8) is 0 Å². The van der Waals surface area contributed by atoms with Crippen LogP contribution in [0.1, 0.15) is 18.4 Å². The lowest BCUT2D eigenvalue weighted by molar-refractivity contribution is 0.669. The van der Waals surface area contributed by atoms with Gasteiger partial charge in [0.1, 0.15) is 11.2 Å². The maximum absolute atomic E-state index is 6.43. The molecular formula is C47H31N3O. The summed E-state index contributed by atoms with van der Waals surface area (Å²) >= 11 is 0. The van der Waals surface area contributed by atoms with Gasteiger partial charge in [0.2, 0.25) is 0 Å². The van der Waals surface area contributed by atoms with Crippen molar-refractivity contribution in [2.75, 3.05) is 0 Å². The number of aromatic nitrogens is 3. The molecule has 7 aromatic carbocycles. The molecule has 2 heterocycles. The minimum Gasteiger partial charge on any atom is -0.456 e. The lowest BCUT2D eigenvalue weighted by Crippen LogP contribution is -2.01. The van der Waals surface area contributed by atoms with Crippen LogP contribution in [-0.4, -0.2) is 15.0 Å². The summed E-state index contributed by atoms with van der Waals surface area (Å²) in [6, 6.07) is 50.9. The van der Waals surface area contributed by atoms with E-state index in [2.05, 4.69) is 133 Å². The second-order valence-electron chi connectivity index (χ2n) is 13.1. The van der Waals surface area contributed by atoms with E-state index in [0.717, 1.165) is 68.0 Å². The Bertz CT molecular complexity index is 2850. The van der Waals surface area contributed by atoms with E-state index in [-0.39, 0.29) is 0 Å². The first kappa shape index (κ1) is 29.3. The van der Waals surface area contributed by atoms with Gasteiger partial charge in [0.05, 0.1) is 0 Å². The Morgan fingerprint density at radius 3 is 2.00 bits per heavy atom. The maximum Gasteiger partial charge on any atom is 0.165 e. The fourth-order valence-electron chi connectivity index (χ4n) is 7.48. The highest BCUT2D eigenvalue weighted by Gasteiger charge is 2.22. The van der Waals surface area contributed by atoms with E-state index in [4.69, 9.17) is 19.4 Å². The highest BCUT2D eigenvalue weighted by molar-refractivity contribution is 6.15. The van der Waals surface area contributed by atoms with Crippen LogP contribution >= 0.6 is 0 Å². The molecule has 0 fully saturated rings. The highest BCUT2D eigenvalue weighted by atomic mass is 16.3. The van der Waals surface area contributed by atoms with Crippen molar-refractivity contribution in [3.05, 3.63) is 169 Å². The first-order valence-electron chi connectivity index (χ1n) is 17.4. The lowest BCUT2D eigenvalue weighted by atomic mass is 9.92. The van der Waals surface area contributed by atoms with Crippen molar-refractivity contribution in [2.24, 2.45) is 0 Å². The summed E-state index contributed by atoms with van der Waals surface area (Å²) in [6.45, 7) is 0. The molecule has 0 saturated carbocycles. The molecule has 51 heavy (non-hydrogen) atoms. The SMILES string of the molecule is C1=CCCC(c2ccc(-c3ccc4oc5ccccc5c4c3-c3nc(-c4ccccc4)nc(-c4ccc5c(ccc6ccccc65)c4)n3)cc2)=C1. The summed E-state index contributed by atoms with van der Waals surface area (Å²) in [5.41, 5.74) is 9.16. The molecule has 0 saturated heterocycles. The Morgan fingerprint density at radius 2 is 1.16 bits per heavy atom. The van der Waals surface area contributed by atoms with Gasteiger partial charge >= 0.3 is 0 Å². The molecular weight excluding hydrogens is 623 g/mol. The Balaban J connectivity index is 1.22. The van der Waals surface area contributed by atoms with Gasteiger partial charge in [-0.1, -0.05) is 140 Å². The zero-order valence-electron chi connectivity index (χ0n) is 27.8. The average molecular weight is 654 g/mol. The molecule has 0 radical (unpaired) electrons. The third-order valence-corrected chi connectivity index (χ3v) is 10.0. The van der Waals surface area contributed by atoms with Gasteiger partial charge in [0.15, 0.2) is 17.5 Å². The van der Waals surface area contributed by atoms with Gasteiger partial charge in [-0.15, -0.1) is 0 Å². The summed E-state index contributed by atoms with van der Waals surface area (Å²) in [6.07, 6.45) is 8.72. The Labute approximate surface area is 295 Å². The van der Waals surface area contributed by atoms with Gasteiger partial charge in [-0.05, 0) is 80.9 Å². The van der Waals surface area contributed by atoms with Crippen molar-refractivity contribution < 1.29 is 4.42 Å². The van der Waals surface area contributed by atoms with Gasteiger partial charge in [-0.25, -0.2) is 15.0 Å². The first-order chi connectivity index (χ1) is 25.3. The van der Waals surface area contributed by atoms with Gasteiger partial charge in [-0.3, -0.25) is 0 Å². The fourth-order valence-corrected chi connectivity index (χ4v) is 7.48. The molecule has 0 atom stereocenters. The fraction of sp³-hybridized carbons (Fsp3) is 0.0426. The summed E-state index contributed by atoms with van der Waals surface area (Å²) < 4.78 is 6.43. The van der Waals surface area contributed by atoms with Crippen LogP contribution in [-0.2, 0) is 0 Å². The Hall–Kier alpha value is -6.65. The number of furan rings is 1. The third-order valence-electron chi connectivity index (χ3n) is 10.0. The number of fused-ring (bicyclic) bond motifs is 6. The summed E-state index contributed by atoms with van der Waals surface area (Å²) in [5, 5.41) is 6.82. The number of hydrogen-bond acceptors (Lipinski definition) is 4. The van der Waals surface area contributed by atoms with Crippen LogP contribution in [0, 0.1) is 0 Å². The molecule has 4 heteroatoms. The number of rotatable bonds is 5. The van der Waals surface area contributed by atoms with Gasteiger partial charge in [0.25, 0.3) is 0 Å². The second kappa shape index (κ2) is 12.0. The van der Waals surface area contributed by atoms with E-state index >= 15 is 0 Å². The highest BCUT2D eigenvalue weighted by Crippen LogP contribution is 2.43. The number of hydrogen-bond donors (Lipinski definition) is 0. The first-order valence-corrected chi connectivity index (χ1v) is 17.4. The van der Waals surface area contributed by atoms with Gasteiger partial charge < -0.3 is 4.42 Å². The van der Waals surface area contributed by atoms with Crippen molar-refractivity contribution >= 4 is 49.1 Å². The number of nitrogens with zero attached hydrogens (tertiary/aromatic N) is 3. The Morgan fingerprint density at radius 1 is 0.471 bits per heavy atom. The topological polar surface area (TPSA) is 51.8 Å². The van der Waals surface area contributed by atoms with Crippen LogP contribution in [0.5, 0.6) is 0 Å². The quantitative estimate of drug-likeness (QED) is 0.173. The minimum absolute atomic E-state index is 0.605. The number of allylic oxidation sites excluding steroid dienone is 4. The predicted molar refractivity (Wildman–Crippen MR) is 210 cm³/mol. The van der Waals surface area contributed by atoms with E-state index in [1.54, 1.807) is 0 Å². The molecule has 0 amide bonds. The molecule has 0 spiro atoms. The smallest absolute Gasteiger partial charge is 0.165 e. The predicted octanol–water partition coefficient (Wildman–Crippen LogP) is 12.5. The van der Waals surface area contributed by atoms with Crippen molar-refractivity contribution in [1.29, 1.82) is 0 Å². The molecule has 1 aliphatic rings. The normalized spacial score (nSPS) is 13.0. The molecule has 0 aliphatic heterocycles. The van der Waals surface area contributed by atoms with Crippen LogP contribution in [0.2, 0.25) is 0 Å². The van der Waals surface area contributed by atoms with Crippen molar-refractivity contribution in [3.8, 4) is 45.3 Å². The summed E-state index contributed by atoms with van der Waals surface area (Å²) in [5.74, 6) is 1.85. The zero-order chi connectivity index (χ0) is 33.7. The molecule has 0 bridgehead atoms. The average Bonchev–Trinajstić information content (AvgIpc) is 3.59. The number of para-hydroxylation sites is 1. The third kappa shape index (κ3) is 5.12. The molecule has 0 N–H and O–H groups in total.